The van der Waals surface area contributed by atoms with Gasteiger partial charge in [-0.05, 0) is 29.8 Å². The van der Waals surface area contributed by atoms with Crippen molar-refractivity contribution < 1.29 is 22.7 Å². The Labute approximate surface area is 148 Å². The van der Waals surface area contributed by atoms with Gasteiger partial charge < -0.3 is 20.3 Å². The van der Waals surface area contributed by atoms with E-state index in [1.165, 1.54) is 6.07 Å². The van der Waals surface area contributed by atoms with Gasteiger partial charge in [0.1, 0.15) is 17.5 Å². The summed E-state index contributed by atoms with van der Waals surface area (Å²) in [6.45, 7) is 2.43. The van der Waals surface area contributed by atoms with Crippen LogP contribution in [0.3, 0.4) is 0 Å². The first kappa shape index (κ1) is 18.1. The normalized spacial score (nSPS) is 14.2. The Morgan fingerprint density at radius 2 is 1.81 bits per heavy atom. The van der Waals surface area contributed by atoms with Crippen molar-refractivity contribution in [2.75, 3.05) is 36.5 Å². The molecule has 0 aliphatic carbocycles. The van der Waals surface area contributed by atoms with E-state index in [0.717, 1.165) is 12.1 Å². The van der Waals surface area contributed by atoms with Gasteiger partial charge >= 0.3 is 6.03 Å². The molecule has 0 aromatic heterocycles. The van der Waals surface area contributed by atoms with Crippen LogP contribution in [0.4, 0.5) is 29.3 Å². The number of halogens is 3. The Hall–Kier alpha value is -2.74. The lowest BCUT2D eigenvalue weighted by molar-refractivity contribution is 0.122. The molecule has 0 saturated carbocycles. The zero-order valence-electron chi connectivity index (χ0n) is 13.9. The van der Waals surface area contributed by atoms with Crippen LogP contribution >= 0.6 is 0 Å². The molecule has 1 saturated heterocycles. The molecule has 0 atom stereocenters. The summed E-state index contributed by atoms with van der Waals surface area (Å²) in [5, 5.41) is 4.78. The summed E-state index contributed by atoms with van der Waals surface area (Å²) in [7, 11) is 0. The number of nitrogens with zero attached hydrogens (tertiary/aromatic N) is 1. The highest BCUT2D eigenvalue weighted by molar-refractivity contribution is 5.89. The first-order valence-electron chi connectivity index (χ1n) is 8.14. The van der Waals surface area contributed by atoms with Crippen molar-refractivity contribution in [3.63, 3.8) is 0 Å². The highest BCUT2D eigenvalue weighted by atomic mass is 19.1. The van der Waals surface area contributed by atoms with Crippen LogP contribution in [0.15, 0.2) is 36.4 Å². The second kappa shape index (κ2) is 8.09. The molecule has 2 aromatic carbocycles. The van der Waals surface area contributed by atoms with Gasteiger partial charge in [0.25, 0.3) is 0 Å². The second-order valence-corrected chi connectivity index (χ2v) is 5.82. The Morgan fingerprint density at radius 1 is 1.04 bits per heavy atom. The number of amides is 2. The van der Waals surface area contributed by atoms with Crippen molar-refractivity contribution in [1.29, 1.82) is 0 Å². The third-order valence-electron chi connectivity index (χ3n) is 4.00. The van der Waals surface area contributed by atoms with E-state index in [1.807, 2.05) is 4.90 Å². The molecule has 1 aliphatic rings. The summed E-state index contributed by atoms with van der Waals surface area (Å²) < 4.78 is 45.9. The first-order chi connectivity index (χ1) is 12.5. The number of benzene rings is 2. The molecule has 2 aromatic rings. The maximum absolute atomic E-state index is 14.3. The fourth-order valence-electron chi connectivity index (χ4n) is 2.66. The predicted molar refractivity (Wildman–Crippen MR) is 91.6 cm³/mol. The number of nitrogens with one attached hydrogen (secondary N) is 2. The van der Waals surface area contributed by atoms with Crippen molar-refractivity contribution in [2.24, 2.45) is 0 Å². The van der Waals surface area contributed by atoms with Gasteiger partial charge in [0.05, 0.1) is 24.6 Å². The van der Waals surface area contributed by atoms with E-state index in [1.54, 1.807) is 12.1 Å². The highest BCUT2D eigenvalue weighted by Crippen LogP contribution is 2.21. The van der Waals surface area contributed by atoms with Crippen LogP contribution in [0, 0.1) is 17.5 Å². The minimum atomic E-state index is -0.874. The molecule has 0 unspecified atom stereocenters. The summed E-state index contributed by atoms with van der Waals surface area (Å²) in [6.07, 6.45) is 0. The minimum Gasteiger partial charge on any atom is -0.378 e. The molecule has 2 amide bonds. The molecule has 2 N–H and O–H groups in total. The van der Waals surface area contributed by atoms with Crippen LogP contribution in [0.25, 0.3) is 0 Å². The highest BCUT2D eigenvalue weighted by Gasteiger charge is 2.15. The lowest BCUT2D eigenvalue weighted by Gasteiger charge is -2.29. The van der Waals surface area contributed by atoms with Gasteiger partial charge in [0.2, 0.25) is 0 Å². The van der Waals surface area contributed by atoms with E-state index in [0.29, 0.717) is 43.6 Å². The molecule has 0 spiro atoms. The van der Waals surface area contributed by atoms with Crippen molar-refractivity contribution in [3.8, 4) is 0 Å². The number of rotatable bonds is 4. The maximum Gasteiger partial charge on any atom is 0.319 e. The Balaban J connectivity index is 1.57. The average Bonchev–Trinajstić information content (AvgIpc) is 2.63. The quantitative estimate of drug-likeness (QED) is 0.875. The number of carbonyl (C=O) groups excluding carboxylic acids is 1. The summed E-state index contributed by atoms with van der Waals surface area (Å²) in [5.74, 6) is -1.98. The largest absolute Gasteiger partial charge is 0.378 e. The van der Waals surface area contributed by atoms with E-state index in [2.05, 4.69) is 10.6 Å². The summed E-state index contributed by atoms with van der Waals surface area (Å²) in [4.78, 5) is 13.7. The van der Waals surface area contributed by atoms with Crippen LogP contribution < -0.4 is 15.5 Å². The monoisotopic (exact) mass is 365 g/mol. The minimum absolute atomic E-state index is 0.0644. The van der Waals surface area contributed by atoms with Crippen LogP contribution in [0.2, 0.25) is 0 Å². The van der Waals surface area contributed by atoms with E-state index in [4.69, 9.17) is 4.74 Å². The maximum atomic E-state index is 14.3. The van der Waals surface area contributed by atoms with Gasteiger partial charge in [0, 0.05) is 25.7 Å². The molecular formula is C18H18F3N3O2. The summed E-state index contributed by atoms with van der Waals surface area (Å²) in [5.41, 5.74) is 0.918. The number of hydrogen-bond donors (Lipinski definition) is 2. The van der Waals surface area contributed by atoms with Gasteiger partial charge in [-0.1, -0.05) is 6.07 Å². The third kappa shape index (κ3) is 4.45. The van der Waals surface area contributed by atoms with Crippen molar-refractivity contribution in [3.05, 3.63) is 59.4 Å². The van der Waals surface area contributed by atoms with Crippen molar-refractivity contribution >= 4 is 17.4 Å². The van der Waals surface area contributed by atoms with Crippen LogP contribution in [0.1, 0.15) is 5.56 Å². The number of hydrogen-bond acceptors (Lipinski definition) is 3. The van der Waals surface area contributed by atoms with Crippen molar-refractivity contribution in [2.45, 2.75) is 6.54 Å². The fourth-order valence-corrected chi connectivity index (χ4v) is 2.66. The average molecular weight is 365 g/mol. The van der Waals surface area contributed by atoms with Gasteiger partial charge in [0.15, 0.2) is 0 Å². The smallest absolute Gasteiger partial charge is 0.319 e. The summed E-state index contributed by atoms with van der Waals surface area (Å²) in [6, 6.07) is 6.90. The van der Waals surface area contributed by atoms with Crippen LogP contribution in [-0.4, -0.2) is 32.3 Å². The van der Waals surface area contributed by atoms with Gasteiger partial charge in [-0.2, -0.15) is 0 Å². The molecule has 3 rings (SSSR count). The molecule has 8 heteroatoms. The number of anilines is 2. The van der Waals surface area contributed by atoms with E-state index in [-0.39, 0.29) is 18.0 Å². The Bertz CT molecular complexity index is 795. The van der Waals surface area contributed by atoms with Gasteiger partial charge in [-0.3, -0.25) is 0 Å². The molecule has 26 heavy (non-hydrogen) atoms. The Morgan fingerprint density at radius 3 is 2.50 bits per heavy atom. The van der Waals surface area contributed by atoms with Crippen LogP contribution in [0.5, 0.6) is 0 Å². The van der Waals surface area contributed by atoms with E-state index in [9.17, 15) is 18.0 Å². The predicted octanol–water partition coefficient (Wildman–Crippen LogP) is 3.26. The number of urea groups is 1. The topological polar surface area (TPSA) is 53.6 Å². The molecule has 1 aliphatic heterocycles. The molecule has 0 radical (unpaired) electrons. The summed E-state index contributed by atoms with van der Waals surface area (Å²) >= 11 is 0. The number of ether oxygens (including phenoxy) is 1. The standard InChI is InChI=1S/C18H18F3N3O2/c19-13-2-3-16(14(20)10-13)23-18(25)22-11-12-1-4-17(15(21)9-12)24-5-7-26-8-6-24/h1-4,9-10H,5-8,11H2,(H2,22,23,25). The van der Waals surface area contributed by atoms with E-state index >= 15 is 0 Å². The van der Waals surface area contributed by atoms with Gasteiger partial charge in [-0.15, -0.1) is 0 Å². The molecule has 138 valence electrons. The van der Waals surface area contributed by atoms with Gasteiger partial charge in [-0.25, -0.2) is 18.0 Å². The zero-order chi connectivity index (χ0) is 18.5. The number of carbonyl (C=O) groups is 1. The SMILES string of the molecule is O=C(NCc1ccc(N2CCOCC2)c(F)c1)Nc1ccc(F)cc1F. The number of morpholine rings is 1. The van der Waals surface area contributed by atoms with E-state index < -0.39 is 17.7 Å². The molecule has 5 nitrogen and oxygen atoms in total. The zero-order valence-corrected chi connectivity index (χ0v) is 13.9. The lowest BCUT2D eigenvalue weighted by atomic mass is 10.1. The second-order valence-electron chi connectivity index (χ2n) is 5.82. The molecule has 1 heterocycles. The lowest BCUT2D eigenvalue weighted by Crippen LogP contribution is -2.36. The fraction of sp³-hybridized carbons (Fsp3) is 0.278. The van der Waals surface area contributed by atoms with Crippen molar-refractivity contribution in [1.82, 2.24) is 5.32 Å². The molecular weight excluding hydrogens is 347 g/mol. The Kier molecular flexibility index (Phi) is 5.62. The third-order valence-corrected chi connectivity index (χ3v) is 4.00. The first-order valence-corrected chi connectivity index (χ1v) is 8.14. The molecule has 1 fully saturated rings. The molecule has 0 bridgehead atoms. The van der Waals surface area contributed by atoms with Crippen LogP contribution in [-0.2, 0) is 11.3 Å².